The van der Waals surface area contributed by atoms with Crippen LogP contribution in [0.5, 0.6) is 11.5 Å². The molecule has 2 heterocycles. The number of fused-ring (bicyclic) bond motifs is 1. The first-order valence-electron chi connectivity index (χ1n) is 10.7. The van der Waals surface area contributed by atoms with E-state index in [0.29, 0.717) is 46.1 Å². The molecule has 1 aliphatic heterocycles. The number of hydrogen-bond acceptors (Lipinski definition) is 7. The second kappa shape index (κ2) is 8.78. The van der Waals surface area contributed by atoms with Gasteiger partial charge in [0, 0.05) is 28.9 Å². The number of phenols is 1. The van der Waals surface area contributed by atoms with Crippen LogP contribution >= 0.6 is 11.8 Å². The van der Waals surface area contributed by atoms with Gasteiger partial charge in [0.15, 0.2) is 22.4 Å². The predicted molar refractivity (Wildman–Crippen MR) is 121 cm³/mol. The molecule has 0 spiro atoms. The number of benzene rings is 1. The number of H-pyrrole nitrogens is 1. The molecule has 0 fully saturated rings. The number of thioether (sulfide) groups is 1. The van der Waals surface area contributed by atoms with Crippen LogP contribution in [0, 0.1) is 0 Å². The van der Waals surface area contributed by atoms with E-state index in [4.69, 9.17) is 9.72 Å². The molecule has 164 valence electrons. The average Bonchev–Trinajstić information content (AvgIpc) is 2.74. The van der Waals surface area contributed by atoms with E-state index in [9.17, 15) is 14.7 Å². The Morgan fingerprint density at radius 1 is 1.29 bits per heavy atom. The smallest absolute Gasteiger partial charge is 0.257 e. The van der Waals surface area contributed by atoms with Gasteiger partial charge in [-0.25, -0.2) is 4.98 Å². The van der Waals surface area contributed by atoms with Crippen LogP contribution in [0.1, 0.15) is 63.5 Å². The summed E-state index contributed by atoms with van der Waals surface area (Å²) in [7, 11) is 0. The lowest BCUT2D eigenvalue weighted by Crippen LogP contribution is -2.32. The highest BCUT2D eigenvalue weighted by molar-refractivity contribution is 7.99. The summed E-state index contributed by atoms with van der Waals surface area (Å²) in [6.45, 7) is 6.41. The summed E-state index contributed by atoms with van der Waals surface area (Å²) in [4.78, 5) is 33.8. The standard InChI is InChI=1S/C23H27N3O4S/c1-4-12(3)31-23-25-21-20(22(29)26-23)18(19-14(24-21)7-6-8-16(19)28)13-9-10-15(27)17(11-13)30-5-2/h9-12,18,27H,4-8H2,1-3H3,(H2,24,25,26,29). The van der Waals surface area contributed by atoms with Crippen molar-refractivity contribution in [2.45, 2.75) is 62.8 Å². The number of allylic oxidation sites excluding steroid dienone is 2. The summed E-state index contributed by atoms with van der Waals surface area (Å²) in [5, 5.41) is 14.3. The van der Waals surface area contributed by atoms with Crippen LogP contribution in [0.2, 0.25) is 0 Å². The zero-order valence-corrected chi connectivity index (χ0v) is 18.8. The molecule has 8 heteroatoms. The number of phenolic OH excluding ortho intramolecular Hbond substituents is 1. The molecule has 0 saturated heterocycles. The van der Waals surface area contributed by atoms with E-state index in [2.05, 4.69) is 24.1 Å². The Morgan fingerprint density at radius 2 is 2.10 bits per heavy atom. The Labute approximate surface area is 185 Å². The Hall–Kier alpha value is -2.74. The lowest BCUT2D eigenvalue weighted by molar-refractivity contribution is -0.116. The van der Waals surface area contributed by atoms with Gasteiger partial charge in [-0.15, -0.1) is 0 Å². The molecule has 0 amide bonds. The Balaban J connectivity index is 1.89. The van der Waals surface area contributed by atoms with Crippen molar-refractivity contribution in [1.82, 2.24) is 9.97 Å². The van der Waals surface area contributed by atoms with Gasteiger partial charge >= 0.3 is 0 Å². The number of anilines is 1. The molecule has 1 aromatic heterocycles. The van der Waals surface area contributed by atoms with Crippen LogP contribution in [0.4, 0.5) is 5.82 Å². The molecule has 2 aliphatic rings. The third-order valence-corrected chi connectivity index (χ3v) is 6.89. The molecule has 2 aromatic rings. The number of aromatic nitrogens is 2. The van der Waals surface area contributed by atoms with Crippen molar-refractivity contribution in [3.8, 4) is 11.5 Å². The number of ether oxygens (including phenoxy) is 1. The number of Topliss-reactive ketones (excluding diaryl/α,β-unsaturated/α-hetero) is 1. The fourth-order valence-corrected chi connectivity index (χ4v) is 4.93. The highest BCUT2D eigenvalue weighted by Gasteiger charge is 2.38. The summed E-state index contributed by atoms with van der Waals surface area (Å²) < 4.78 is 5.55. The van der Waals surface area contributed by atoms with Crippen molar-refractivity contribution in [1.29, 1.82) is 0 Å². The Bertz CT molecular complexity index is 1110. The molecule has 3 N–H and O–H groups in total. The van der Waals surface area contributed by atoms with Crippen molar-refractivity contribution < 1.29 is 14.6 Å². The fraction of sp³-hybridized carbons (Fsp3) is 0.435. The van der Waals surface area contributed by atoms with Crippen LogP contribution in [0.15, 0.2) is 39.4 Å². The highest BCUT2D eigenvalue weighted by Crippen LogP contribution is 2.45. The van der Waals surface area contributed by atoms with Crippen molar-refractivity contribution in [2.75, 3.05) is 11.9 Å². The number of aromatic hydroxyl groups is 1. The molecule has 1 aromatic carbocycles. The first kappa shape index (κ1) is 21.5. The largest absolute Gasteiger partial charge is 0.504 e. The van der Waals surface area contributed by atoms with Gasteiger partial charge in [0.2, 0.25) is 0 Å². The van der Waals surface area contributed by atoms with Gasteiger partial charge < -0.3 is 20.1 Å². The number of rotatable bonds is 6. The molecule has 7 nitrogen and oxygen atoms in total. The monoisotopic (exact) mass is 441 g/mol. The summed E-state index contributed by atoms with van der Waals surface area (Å²) in [5.41, 5.74) is 2.33. The molecular weight excluding hydrogens is 414 g/mol. The second-order valence-electron chi connectivity index (χ2n) is 7.86. The van der Waals surface area contributed by atoms with Crippen LogP contribution in [0.3, 0.4) is 0 Å². The Kier molecular flexibility index (Phi) is 6.09. The van der Waals surface area contributed by atoms with E-state index in [1.54, 1.807) is 18.2 Å². The predicted octanol–water partition coefficient (Wildman–Crippen LogP) is 4.33. The van der Waals surface area contributed by atoms with E-state index < -0.39 is 5.92 Å². The maximum atomic E-state index is 13.2. The van der Waals surface area contributed by atoms with E-state index in [-0.39, 0.29) is 17.1 Å². The first-order chi connectivity index (χ1) is 14.9. The number of nitrogens with zero attached hydrogens (tertiary/aromatic N) is 1. The highest BCUT2D eigenvalue weighted by atomic mass is 32.2. The molecule has 31 heavy (non-hydrogen) atoms. The number of nitrogens with one attached hydrogen (secondary N) is 2. The van der Waals surface area contributed by atoms with Crippen LogP contribution in [-0.4, -0.2) is 32.7 Å². The molecule has 2 atom stereocenters. The van der Waals surface area contributed by atoms with Crippen molar-refractivity contribution in [2.24, 2.45) is 0 Å². The summed E-state index contributed by atoms with van der Waals surface area (Å²) in [6.07, 6.45) is 2.91. The average molecular weight is 442 g/mol. The van der Waals surface area contributed by atoms with Gasteiger partial charge in [-0.1, -0.05) is 31.7 Å². The van der Waals surface area contributed by atoms with Crippen molar-refractivity contribution >= 4 is 23.4 Å². The third-order valence-electron chi connectivity index (χ3n) is 5.74. The Morgan fingerprint density at radius 3 is 2.84 bits per heavy atom. The minimum atomic E-state index is -0.558. The van der Waals surface area contributed by atoms with Crippen molar-refractivity contribution in [3.63, 3.8) is 0 Å². The molecule has 2 unspecified atom stereocenters. The molecule has 0 bridgehead atoms. The number of carbonyl (C=O) groups excluding carboxylic acids is 1. The number of carbonyl (C=O) groups is 1. The van der Waals surface area contributed by atoms with E-state index in [0.717, 1.165) is 30.5 Å². The SMILES string of the molecule is CCOc1cc(C2C3=C(CCCC3=O)Nc3nc(SC(C)CC)[nH]c(=O)c32)ccc1O. The first-order valence-corrected chi connectivity index (χ1v) is 11.6. The molecular formula is C23H27N3O4S. The quantitative estimate of drug-likeness (QED) is 0.453. The topological polar surface area (TPSA) is 104 Å². The third kappa shape index (κ3) is 4.08. The van der Waals surface area contributed by atoms with E-state index >= 15 is 0 Å². The maximum absolute atomic E-state index is 13.2. The molecule has 0 radical (unpaired) electrons. The van der Waals surface area contributed by atoms with Crippen LogP contribution in [0.25, 0.3) is 0 Å². The summed E-state index contributed by atoms with van der Waals surface area (Å²) in [6, 6.07) is 5.00. The lowest BCUT2D eigenvalue weighted by Gasteiger charge is -2.33. The van der Waals surface area contributed by atoms with Gasteiger partial charge in [0.1, 0.15) is 5.82 Å². The fourth-order valence-electron chi connectivity index (χ4n) is 4.08. The molecule has 0 saturated carbocycles. The van der Waals surface area contributed by atoms with Gasteiger partial charge in [-0.3, -0.25) is 9.59 Å². The summed E-state index contributed by atoms with van der Waals surface area (Å²) >= 11 is 1.53. The van der Waals surface area contributed by atoms with Crippen molar-refractivity contribution in [3.05, 3.63) is 50.9 Å². The minimum Gasteiger partial charge on any atom is -0.504 e. The zero-order chi connectivity index (χ0) is 22.1. The van der Waals surface area contributed by atoms with E-state index in [1.165, 1.54) is 11.8 Å². The summed E-state index contributed by atoms with van der Waals surface area (Å²) in [5.74, 6) is 0.333. The maximum Gasteiger partial charge on any atom is 0.257 e. The van der Waals surface area contributed by atoms with Crippen LogP contribution < -0.4 is 15.6 Å². The zero-order valence-electron chi connectivity index (χ0n) is 17.9. The molecule has 1 aliphatic carbocycles. The number of hydrogen-bond donors (Lipinski definition) is 3. The minimum absolute atomic E-state index is 0.0243. The van der Waals surface area contributed by atoms with Crippen LogP contribution in [-0.2, 0) is 4.79 Å². The number of aromatic amines is 1. The normalized spacial score (nSPS) is 18.8. The lowest BCUT2D eigenvalue weighted by atomic mass is 9.76. The van der Waals surface area contributed by atoms with Gasteiger partial charge in [-0.2, -0.15) is 0 Å². The van der Waals surface area contributed by atoms with Gasteiger partial charge in [0.25, 0.3) is 5.56 Å². The van der Waals surface area contributed by atoms with Gasteiger partial charge in [0.05, 0.1) is 12.2 Å². The van der Waals surface area contributed by atoms with E-state index in [1.807, 2.05) is 6.92 Å². The number of ketones is 1. The molecule has 4 rings (SSSR count). The van der Waals surface area contributed by atoms with Gasteiger partial charge in [-0.05, 0) is 43.9 Å². The second-order valence-corrected chi connectivity index (χ2v) is 9.28.